The Kier molecular flexibility index (Phi) is 3.08. The molecule has 0 bridgehead atoms. The first-order valence-electron chi connectivity index (χ1n) is 4.30. The molecular weight excluding hydrogens is 200 g/mol. The lowest BCUT2D eigenvalue weighted by atomic mass is 10.3. The van der Waals surface area contributed by atoms with Gasteiger partial charge in [0.15, 0.2) is 0 Å². The van der Waals surface area contributed by atoms with Gasteiger partial charge < -0.3 is 9.30 Å². The van der Waals surface area contributed by atoms with Crippen molar-refractivity contribution >= 4 is 5.97 Å². The van der Waals surface area contributed by atoms with Crippen LogP contribution >= 0.6 is 0 Å². The summed E-state index contributed by atoms with van der Waals surface area (Å²) in [5.74, 6) is -0.488. The number of hydrogen-bond donors (Lipinski definition) is 0. The van der Waals surface area contributed by atoms with E-state index in [0.29, 0.717) is 5.69 Å². The SMILES string of the molecule is COC(=O)Cc1cc(=O)n(C)c(=O)n1C. The standard InChI is InChI=1S/C9H12N2O4/c1-10-6(5-8(13)15-3)4-7(12)11(2)9(10)14/h4H,5H2,1-3H3. The molecule has 0 saturated heterocycles. The summed E-state index contributed by atoms with van der Waals surface area (Å²) in [6, 6.07) is 1.25. The molecule has 0 fully saturated rings. The quantitative estimate of drug-likeness (QED) is 0.577. The molecule has 0 saturated carbocycles. The third kappa shape index (κ3) is 2.15. The average Bonchev–Trinajstić information content (AvgIpc) is 2.22. The molecule has 0 aliphatic rings. The summed E-state index contributed by atoms with van der Waals surface area (Å²) in [4.78, 5) is 33.7. The Bertz CT molecular complexity index is 498. The molecule has 0 spiro atoms. The number of carbonyl (C=O) groups is 1. The molecule has 0 amide bonds. The van der Waals surface area contributed by atoms with Gasteiger partial charge in [-0.1, -0.05) is 0 Å². The van der Waals surface area contributed by atoms with Crippen LogP contribution in [0.15, 0.2) is 15.7 Å². The fourth-order valence-electron chi connectivity index (χ4n) is 1.17. The lowest BCUT2D eigenvalue weighted by Gasteiger charge is -2.07. The minimum absolute atomic E-state index is 0.0850. The van der Waals surface area contributed by atoms with Crippen LogP contribution in [0.25, 0.3) is 0 Å². The molecular formula is C9H12N2O4. The Labute approximate surface area is 85.7 Å². The van der Waals surface area contributed by atoms with Gasteiger partial charge in [0.25, 0.3) is 5.56 Å². The molecule has 1 heterocycles. The van der Waals surface area contributed by atoms with Gasteiger partial charge >= 0.3 is 11.7 Å². The summed E-state index contributed by atoms with van der Waals surface area (Å²) in [6.45, 7) is 0. The molecule has 0 radical (unpaired) electrons. The Morgan fingerprint density at radius 2 is 1.93 bits per heavy atom. The molecule has 6 nitrogen and oxygen atoms in total. The number of ether oxygens (including phenoxy) is 1. The van der Waals surface area contributed by atoms with E-state index in [4.69, 9.17) is 0 Å². The summed E-state index contributed by atoms with van der Waals surface area (Å²) in [6.07, 6.45) is -0.0850. The van der Waals surface area contributed by atoms with Crippen molar-refractivity contribution < 1.29 is 9.53 Å². The number of aromatic nitrogens is 2. The first kappa shape index (κ1) is 11.2. The second kappa shape index (κ2) is 4.12. The number of rotatable bonds is 2. The van der Waals surface area contributed by atoms with Crippen molar-refractivity contribution in [2.75, 3.05) is 7.11 Å². The van der Waals surface area contributed by atoms with Crippen molar-refractivity contribution in [1.29, 1.82) is 0 Å². The molecule has 0 aliphatic carbocycles. The molecule has 0 aromatic carbocycles. The molecule has 1 aromatic heterocycles. The van der Waals surface area contributed by atoms with E-state index < -0.39 is 17.2 Å². The number of esters is 1. The maximum absolute atomic E-state index is 11.5. The second-order valence-corrected chi connectivity index (χ2v) is 3.13. The third-order valence-electron chi connectivity index (χ3n) is 2.18. The largest absolute Gasteiger partial charge is 0.469 e. The van der Waals surface area contributed by atoms with Crippen LogP contribution in [-0.4, -0.2) is 22.2 Å². The summed E-state index contributed by atoms with van der Waals surface area (Å²) >= 11 is 0. The highest BCUT2D eigenvalue weighted by Gasteiger charge is 2.09. The molecule has 0 atom stereocenters. The molecule has 6 heteroatoms. The number of hydrogen-bond acceptors (Lipinski definition) is 4. The molecule has 1 rings (SSSR count). The smallest absolute Gasteiger partial charge is 0.330 e. The van der Waals surface area contributed by atoms with Crippen LogP contribution in [0.3, 0.4) is 0 Å². The van der Waals surface area contributed by atoms with E-state index in [2.05, 4.69) is 4.74 Å². The molecule has 0 unspecified atom stereocenters. The first-order valence-corrected chi connectivity index (χ1v) is 4.30. The van der Waals surface area contributed by atoms with Crippen LogP contribution < -0.4 is 11.2 Å². The van der Waals surface area contributed by atoms with Crippen molar-refractivity contribution in [3.8, 4) is 0 Å². The highest BCUT2D eigenvalue weighted by molar-refractivity contribution is 5.71. The molecule has 82 valence electrons. The van der Waals surface area contributed by atoms with Crippen molar-refractivity contribution in [2.45, 2.75) is 6.42 Å². The summed E-state index contributed by atoms with van der Waals surface area (Å²) in [5.41, 5.74) is -0.548. The Morgan fingerprint density at radius 1 is 1.33 bits per heavy atom. The zero-order valence-electron chi connectivity index (χ0n) is 8.81. The van der Waals surface area contributed by atoms with Gasteiger partial charge in [0, 0.05) is 25.9 Å². The highest BCUT2D eigenvalue weighted by atomic mass is 16.5. The van der Waals surface area contributed by atoms with E-state index in [0.717, 1.165) is 4.57 Å². The van der Waals surface area contributed by atoms with Crippen molar-refractivity contribution in [3.05, 3.63) is 32.6 Å². The van der Waals surface area contributed by atoms with Crippen molar-refractivity contribution in [1.82, 2.24) is 9.13 Å². The highest BCUT2D eigenvalue weighted by Crippen LogP contribution is 1.93. The van der Waals surface area contributed by atoms with Gasteiger partial charge in [0.1, 0.15) is 0 Å². The molecule has 15 heavy (non-hydrogen) atoms. The van der Waals surface area contributed by atoms with E-state index in [1.54, 1.807) is 0 Å². The normalized spacial score (nSPS) is 10.1. The van der Waals surface area contributed by atoms with Gasteiger partial charge in [-0.3, -0.25) is 14.2 Å². The zero-order valence-corrected chi connectivity index (χ0v) is 8.81. The van der Waals surface area contributed by atoms with E-state index >= 15 is 0 Å². The fourth-order valence-corrected chi connectivity index (χ4v) is 1.17. The minimum Gasteiger partial charge on any atom is -0.469 e. The van der Waals surface area contributed by atoms with Gasteiger partial charge in [-0.2, -0.15) is 0 Å². The van der Waals surface area contributed by atoms with Crippen LogP contribution in [0.2, 0.25) is 0 Å². The van der Waals surface area contributed by atoms with E-state index in [1.807, 2.05) is 0 Å². The molecule has 1 aromatic rings. The van der Waals surface area contributed by atoms with Crippen LogP contribution in [0.4, 0.5) is 0 Å². The minimum atomic E-state index is -0.488. The Balaban J connectivity index is 3.27. The van der Waals surface area contributed by atoms with Crippen LogP contribution in [0.1, 0.15) is 5.69 Å². The van der Waals surface area contributed by atoms with E-state index in [9.17, 15) is 14.4 Å². The lowest BCUT2D eigenvalue weighted by Crippen LogP contribution is -2.38. The van der Waals surface area contributed by atoms with Gasteiger partial charge in [-0.25, -0.2) is 4.79 Å². The summed E-state index contributed by atoms with van der Waals surface area (Å²) in [5, 5.41) is 0. The number of carbonyl (C=O) groups excluding carboxylic acids is 1. The molecule has 0 aliphatic heterocycles. The van der Waals surface area contributed by atoms with E-state index in [-0.39, 0.29) is 6.42 Å². The van der Waals surface area contributed by atoms with Crippen LogP contribution in [0.5, 0.6) is 0 Å². The molecule has 0 N–H and O–H groups in total. The fraction of sp³-hybridized carbons (Fsp3) is 0.444. The topological polar surface area (TPSA) is 70.3 Å². The predicted octanol–water partition coefficient (Wildman–Crippen LogP) is -1.20. The summed E-state index contributed by atoms with van der Waals surface area (Å²) in [7, 11) is 4.13. The maximum atomic E-state index is 11.5. The maximum Gasteiger partial charge on any atom is 0.330 e. The Morgan fingerprint density at radius 3 is 2.47 bits per heavy atom. The summed E-state index contributed by atoms with van der Waals surface area (Å²) < 4.78 is 6.68. The second-order valence-electron chi connectivity index (χ2n) is 3.13. The zero-order chi connectivity index (χ0) is 11.6. The number of methoxy groups -OCH3 is 1. The van der Waals surface area contributed by atoms with Crippen LogP contribution in [0, 0.1) is 0 Å². The van der Waals surface area contributed by atoms with Gasteiger partial charge in [-0.05, 0) is 0 Å². The van der Waals surface area contributed by atoms with Gasteiger partial charge in [-0.15, -0.1) is 0 Å². The monoisotopic (exact) mass is 212 g/mol. The first-order chi connectivity index (χ1) is 6.97. The van der Waals surface area contributed by atoms with Gasteiger partial charge in [0.2, 0.25) is 0 Å². The Hall–Kier alpha value is -1.85. The van der Waals surface area contributed by atoms with Gasteiger partial charge in [0.05, 0.1) is 13.5 Å². The average molecular weight is 212 g/mol. The lowest BCUT2D eigenvalue weighted by molar-refractivity contribution is -0.139. The van der Waals surface area contributed by atoms with Crippen molar-refractivity contribution in [2.24, 2.45) is 14.1 Å². The predicted molar refractivity (Wildman–Crippen MR) is 52.6 cm³/mol. The van der Waals surface area contributed by atoms with Crippen molar-refractivity contribution in [3.63, 3.8) is 0 Å². The number of nitrogens with zero attached hydrogens (tertiary/aromatic N) is 2. The van der Waals surface area contributed by atoms with E-state index in [1.165, 1.54) is 31.8 Å². The van der Waals surface area contributed by atoms with Crippen LogP contribution in [-0.2, 0) is 30.0 Å². The third-order valence-corrected chi connectivity index (χ3v) is 2.18.